The largest absolute Gasteiger partial charge is 0.490 e. The topological polar surface area (TPSA) is 94.2 Å². The Kier molecular flexibility index (Phi) is 7.65. The molecule has 3 aromatic rings. The number of benzene rings is 3. The molecule has 0 unspecified atom stereocenters. The minimum atomic E-state index is -0.789. The standard InChI is InChI=1S/C28H26N2O6/c1-3-34-25-18-20(11-14-24(25)36-16-15-35-22-7-5-4-6-8-22)17-23-26(31)29-28(33)30(27(23)32)21-12-9-19(2)10-13-21/h4-14,17-18H,3,15-16H2,1-2H3,(H,29,31,33). The summed E-state index contributed by atoms with van der Waals surface area (Å²) in [7, 11) is 0. The minimum Gasteiger partial charge on any atom is -0.490 e. The van der Waals surface area contributed by atoms with Gasteiger partial charge >= 0.3 is 6.03 Å². The van der Waals surface area contributed by atoms with Crippen LogP contribution >= 0.6 is 0 Å². The Hall–Kier alpha value is -4.59. The van der Waals surface area contributed by atoms with Crippen LogP contribution in [0.2, 0.25) is 0 Å². The first kappa shape index (κ1) is 24.5. The van der Waals surface area contributed by atoms with Crippen LogP contribution < -0.4 is 24.4 Å². The summed E-state index contributed by atoms with van der Waals surface area (Å²) in [5.41, 5.74) is 1.73. The molecule has 0 saturated carbocycles. The van der Waals surface area contributed by atoms with E-state index in [0.717, 1.165) is 16.2 Å². The molecular weight excluding hydrogens is 460 g/mol. The second kappa shape index (κ2) is 11.2. The number of hydrogen-bond donors (Lipinski definition) is 1. The van der Waals surface area contributed by atoms with Crippen LogP contribution in [0.25, 0.3) is 6.08 Å². The van der Waals surface area contributed by atoms with Crippen molar-refractivity contribution in [3.8, 4) is 17.2 Å². The van der Waals surface area contributed by atoms with Gasteiger partial charge in [0.05, 0.1) is 12.3 Å². The first-order chi connectivity index (χ1) is 17.5. The average molecular weight is 487 g/mol. The first-order valence-electron chi connectivity index (χ1n) is 11.5. The first-order valence-corrected chi connectivity index (χ1v) is 11.5. The van der Waals surface area contributed by atoms with Gasteiger partial charge in [-0.15, -0.1) is 0 Å². The van der Waals surface area contributed by atoms with Crippen LogP contribution in [0.15, 0.2) is 78.4 Å². The molecule has 0 atom stereocenters. The molecule has 184 valence electrons. The van der Waals surface area contributed by atoms with Gasteiger partial charge in [0.1, 0.15) is 24.5 Å². The van der Waals surface area contributed by atoms with Crippen LogP contribution in [0.3, 0.4) is 0 Å². The molecule has 1 aliphatic heterocycles. The highest BCUT2D eigenvalue weighted by molar-refractivity contribution is 6.39. The zero-order valence-electron chi connectivity index (χ0n) is 20.0. The summed E-state index contributed by atoms with van der Waals surface area (Å²) in [5, 5.41) is 2.23. The van der Waals surface area contributed by atoms with Gasteiger partial charge in [0.15, 0.2) is 11.5 Å². The lowest BCUT2D eigenvalue weighted by atomic mass is 10.1. The molecule has 1 N–H and O–H groups in total. The van der Waals surface area contributed by atoms with Crippen LogP contribution in [0.1, 0.15) is 18.1 Å². The lowest BCUT2D eigenvalue weighted by molar-refractivity contribution is -0.122. The summed E-state index contributed by atoms with van der Waals surface area (Å²) in [6.07, 6.45) is 1.43. The predicted molar refractivity (Wildman–Crippen MR) is 135 cm³/mol. The highest BCUT2D eigenvalue weighted by Gasteiger charge is 2.36. The Morgan fingerprint density at radius 1 is 0.833 bits per heavy atom. The van der Waals surface area contributed by atoms with Crippen molar-refractivity contribution in [2.75, 3.05) is 24.7 Å². The lowest BCUT2D eigenvalue weighted by Gasteiger charge is -2.26. The highest BCUT2D eigenvalue weighted by Crippen LogP contribution is 2.30. The fourth-order valence-corrected chi connectivity index (χ4v) is 3.58. The summed E-state index contributed by atoms with van der Waals surface area (Å²) in [4.78, 5) is 39.0. The van der Waals surface area contributed by atoms with Crippen molar-refractivity contribution in [3.63, 3.8) is 0 Å². The summed E-state index contributed by atoms with van der Waals surface area (Å²) < 4.78 is 17.2. The van der Waals surface area contributed by atoms with Gasteiger partial charge in [0, 0.05) is 0 Å². The van der Waals surface area contributed by atoms with E-state index in [2.05, 4.69) is 5.32 Å². The van der Waals surface area contributed by atoms with Gasteiger partial charge in [-0.05, 0) is 61.9 Å². The number of ether oxygens (including phenoxy) is 3. The van der Waals surface area contributed by atoms with Gasteiger partial charge in [-0.25, -0.2) is 9.69 Å². The van der Waals surface area contributed by atoms with Crippen LogP contribution in [-0.2, 0) is 9.59 Å². The van der Waals surface area contributed by atoms with Crippen molar-refractivity contribution in [3.05, 3.63) is 89.5 Å². The van der Waals surface area contributed by atoms with Gasteiger partial charge in [-0.2, -0.15) is 0 Å². The maximum Gasteiger partial charge on any atom is 0.335 e. The monoisotopic (exact) mass is 486 g/mol. The molecule has 3 aromatic carbocycles. The molecule has 0 spiro atoms. The molecule has 0 aliphatic carbocycles. The van der Waals surface area contributed by atoms with Crippen molar-refractivity contribution < 1.29 is 28.6 Å². The van der Waals surface area contributed by atoms with E-state index in [9.17, 15) is 14.4 Å². The van der Waals surface area contributed by atoms with E-state index in [-0.39, 0.29) is 5.57 Å². The molecule has 36 heavy (non-hydrogen) atoms. The third kappa shape index (κ3) is 5.72. The Bertz CT molecular complexity index is 1290. The quantitative estimate of drug-likeness (QED) is 0.272. The van der Waals surface area contributed by atoms with E-state index in [1.54, 1.807) is 42.5 Å². The van der Waals surface area contributed by atoms with Crippen LogP contribution in [0.4, 0.5) is 10.5 Å². The van der Waals surface area contributed by atoms with E-state index >= 15 is 0 Å². The lowest BCUT2D eigenvalue weighted by Crippen LogP contribution is -2.54. The molecule has 1 aliphatic rings. The summed E-state index contributed by atoms with van der Waals surface area (Å²) in [6.45, 7) is 4.78. The molecule has 1 fully saturated rings. The van der Waals surface area contributed by atoms with Crippen LogP contribution in [0.5, 0.6) is 17.2 Å². The summed E-state index contributed by atoms with van der Waals surface area (Å²) in [6, 6.07) is 20.6. The molecule has 4 amide bonds. The Balaban J connectivity index is 1.51. The van der Waals surface area contributed by atoms with Crippen molar-refractivity contribution in [2.24, 2.45) is 0 Å². The van der Waals surface area contributed by atoms with Crippen LogP contribution in [0, 0.1) is 6.92 Å². The van der Waals surface area contributed by atoms with Crippen LogP contribution in [-0.4, -0.2) is 37.7 Å². The Labute approximate surface area is 209 Å². The molecule has 4 rings (SSSR count). The Morgan fingerprint density at radius 3 is 2.28 bits per heavy atom. The normalized spacial score (nSPS) is 14.6. The van der Waals surface area contributed by atoms with Crippen molar-refractivity contribution >= 4 is 29.6 Å². The second-order valence-electron chi connectivity index (χ2n) is 7.94. The second-order valence-corrected chi connectivity index (χ2v) is 7.94. The number of para-hydroxylation sites is 1. The summed E-state index contributed by atoms with van der Waals surface area (Å²) in [5.74, 6) is 0.253. The number of imide groups is 2. The Morgan fingerprint density at radius 2 is 1.56 bits per heavy atom. The number of anilines is 1. The number of nitrogens with zero attached hydrogens (tertiary/aromatic N) is 1. The average Bonchev–Trinajstić information content (AvgIpc) is 2.87. The third-order valence-corrected chi connectivity index (χ3v) is 5.33. The molecule has 0 bridgehead atoms. The number of barbiturate groups is 1. The zero-order valence-corrected chi connectivity index (χ0v) is 20.0. The van der Waals surface area contributed by atoms with Gasteiger partial charge in [-0.1, -0.05) is 42.0 Å². The van der Waals surface area contributed by atoms with Crippen molar-refractivity contribution in [1.29, 1.82) is 0 Å². The fourth-order valence-electron chi connectivity index (χ4n) is 3.58. The number of urea groups is 1. The van der Waals surface area contributed by atoms with E-state index in [0.29, 0.717) is 42.6 Å². The van der Waals surface area contributed by atoms with Gasteiger partial charge in [-0.3, -0.25) is 14.9 Å². The summed E-state index contributed by atoms with van der Waals surface area (Å²) >= 11 is 0. The van der Waals surface area contributed by atoms with Gasteiger partial charge in [0.2, 0.25) is 0 Å². The number of amides is 4. The number of aryl methyl sites for hydroxylation is 1. The van der Waals surface area contributed by atoms with Gasteiger partial charge in [0.25, 0.3) is 11.8 Å². The number of rotatable bonds is 9. The third-order valence-electron chi connectivity index (χ3n) is 5.33. The maximum atomic E-state index is 13.1. The molecule has 8 nitrogen and oxygen atoms in total. The van der Waals surface area contributed by atoms with Crippen molar-refractivity contribution in [2.45, 2.75) is 13.8 Å². The molecule has 0 aromatic heterocycles. The molecule has 1 heterocycles. The number of carbonyl (C=O) groups excluding carboxylic acids is 3. The van der Waals surface area contributed by atoms with Crippen molar-refractivity contribution in [1.82, 2.24) is 5.32 Å². The molecular formula is C28H26N2O6. The fraction of sp³-hybridized carbons (Fsp3) is 0.179. The highest BCUT2D eigenvalue weighted by atomic mass is 16.5. The molecule has 8 heteroatoms. The molecule has 0 radical (unpaired) electrons. The predicted octanol–water partition coefficient (Wildman–Crippen LogP) is 4.52. The maximum absolute atomic E-state index is 13.1. The number of nitrogens with one attached hydrogen (secondary N) is 1. The SMILES string of the molecule is CCOc1cc(C=C2C(=O)NC(=O)N(c3ccc(C)cc3)C2=O)ccc1OCCOc1ccccc1. The number of hydrogen-bond acceptors (Lipinski definition) is 6. The minimum absolute atomic E-state index is 0.164. The number of carbonyl (C=O) groups is 3. The zero-order chi connectivity index (χ0) is 25.5. The van der Waals surface area contributed by atoms with E-state index in [1.807, 2.05) is 44.2 Å². The van der Waals surface area contributed by atoms with Gasteiger partial charge < -0.3 is 14.2 Å². The van der Waals surface area contributed by atoms with E-state index in [4.69, 9.17) is 14.2 Å². The smallest absolute Gasteiger partial charge is 0.335 e. The van der Waals surface area contributed by atoms with E-state index in [1.165, 1.54) is 6.08 Å². The van der Waals surface area contributed by atoms with E-state index < -0.39 is 17.8 Å². The molecule has 1 saturated heterocycles.